The van der Waals surface area contributed by atoms with Crippen LogP contribution in [0.5, 0.6) is 0 Å². The van der Waals surface area contributed by atoms with Gasteiger partial charge in [0.1, 0.15) is 0 Å². The smallest absolute Gasteiger partial charge is 0.175 e. The van der Waals surface area contributed by atoms with Gasteiger partial charge in [-0.1, -0.05) is 12.1 Å². The number of ketones is 1. The largest absolute Gasteiger partial charge is 0.294 e. The van der Waals surface area contributed by atoms with Crippen molar-refractivity contribution in [2.45, 2.75) is 11.3 Å². The average molecular weight is 354 g/mol. The van der Waals surface area contributed by atoms with Crippen LogP contribution in [-0.2, 0) is 16.3 Å². The van der Waals surface area contributed by atoms with Gasteiger partial charge in [-0.25, -0.2) is 8.42 Å². The van der Waals surface area contributed by atoms with Crippen LogP contribution >= 0.6 is 15.9 Å². The minimum Gasteiger partial charge on any atom is -0.294 e. The molecule has 0 amide bonds. The predicted octanol–water partition coefficient (Wildman–Crippen LogP) is 2.67. The van der Waals surface area contributed by atoms with Crippen LogP contribution in [0.25, 0.3) is 0 Å². The van der Waals surface area contributed by atoms with Crippen molar-refractivity contribution in [3.63, 3.8) is 0 Å². The third-order valence-electron chi connectivity index (χ3n) is 2.73. The van der Waals surface area contributed by atoms with Crippen molar-refractivity contribution in [1.29, 1.82) is 0 Å². The maximum atomic E-state index is 12.1. The van der Waals surface area contributed by atoms with E-state index in [0.717, 1.165) is 16.3 Å². The van der Waals surface area contributed by atoms with Gasteiger partial charge in [0.25, 0.3) is 0 Å². The van der Waals surface area contributed by atoms with Gasteiger partial charge in [-0.2, -0.15) is 0 Å². The number of hydrogen-bond donors (Lipinski definition) is 0. The minimum atomic E-state index is -3.24. The second-order valence-electron chi connectivity index (χ2n) is 4.41. The lowest BCUT2D eigenvalue weighted by Gasteiger charge is -2.03. The maximum Gasteiger partial charge on any atom is 0.175 e. The molecule has 1 aromatic carbocycles. The lowest BCUT2D eigenvalue weighted by molar-refractivity contribution is 0.0993. The Labute approximate surface area is 125 Å². The van der Waals surface area contributed by atoms with Crippen LogP contribution < -0.4 is 0 Å². The van der Waals surface area contributed by atoms with Crippen molar-refractivity contribution in [1.82, 2.24) is 4.98 Å². The number of benzene rings is 1. The standard InChI is InChI=1S/C14H12BrNO3S/c1-20(18,19)13-4-2-11(3-5-13)14(17)7-10-6-12(15)9-16-8-10/h2-6,8-9H,7H2,1H3. The van der Waals surface area contributed by atoms with Gasteiger partial charge in [-0.05, 0) is 39.7 Å². The molecule has 0 radical (unpaired) electrons. The molecule has 0 saturated heterocycles. The number of carbonyl (C=O) groups is 1. The summed E-state index contributed by atoms with van der Waals surface area (Å²) in [5, 5.41) is 0. The summed E-state index contributed by atoms with van der Waals surface area (Å²) in [4.78, 5) is 16.3. The number of hydrogen-bond acceptors (Lipinski definition) is 4. The lowest BCUT2D eigenvalue weighted by atomic mass is 10.0. The van der Waals surface area contributed by atoms with Gasteiger partial charge in [-0.15, -0.1) is 0 Å². The highest BCUT2D eigenvalue weighted by Gasteiger charge is 2.11. The van der Waals surface area contributed by atoms with E-state index in [0.29, 0.717) is 5.56 Å². The third-order valence-corrected chi connectivity index (χ3v) is 4.29. The number of Topliss-reactive ketones (excluding diaryl/α,β-unsaturated/α-hetero) is 1. The number of aromatic nitrogens is 1. The average Bonchev–Trinajstić information content (AvgIpc) is 2.38. The highest BCUT2D eigenvalue weighted by Crippen LogP contribution is 2.14. The molecule has 20 heavy (non-hydrogen) atoms. The summed E-state index contributed by atoms with van der Waals surface area (Å²) in [5.74, 6) is -0.0787. The molecule has 0 unspecified atom stereocenters. The lowest BCUT2D eigenvalue weighted by Crippen LogP contribution is -2.05. The Balaban J connectivity index is 2.18. The van der Waals surface area contributed by atoms with E-state index in [9.17, 15) is 13.2 Å². The van der Waals surface area contributed by atoms with Crippen molar-refractivity contribution in [2.24, 2.45) is 0 Å². The molecule has 0 saturated carbocycles. The fraction of sp³-hybridized carbons (Fsp3) is 0.143. The molecule has 0 atom stereocenters. The number of carbonyl (C=O) groups excluding carboxylic acids is 1. The molecule has 6 heteroatoms. The van der Waals surface area contributed by atoms with E-state index in [-0.39, 0.29) is 17.1 Å². The topological polar surface area (TPSA) is 64.1 Å². The van der Waals surface area contributed by atoms with E-state index < -0.39 is 9.84 Å². The Bertz CT molecular complexity index is 739. The number of halogens is 1. The van der Waals surface area contributed by atoms with Crippen LogP contribution in [0.4, 0.5) is 0 Å². The zero-order valence-corrected chi connectivity index (χ0v) is 13.1. The van der Waals surface area contributed by atoms with E-state index in [2.05, 4.69) is 20.9 Å². The molecule has 2 aromatic rings. The van der Waals surface area contributed by atoms with E-state index in [4.69, 9.17) is 0 Å². The molecule has 0 bridgehead atoms. The Kier molecular flexibility index (Phi) is 4.35. The maximum absolute atomic E-state index is 12.1. The van der Waals surface area contributed by atoms with E-state index >= 15 is 0 Å². The number of pyridine rings is 1. The highest BCUT2D eigenvalue weighted by molar-refractivity contribution is 9.10. The molecule has 0 aliphatic rings. The van der Waals surface area contributed by atoms with Crippen LogP contribution in [0.3, 0.4) is 0 Å². The SMILES string of the molecule is CS(=O)(=O)c1ccc(C(=O)Cc2cncc(Br)c2)cc1. The zero-order valence-electron chi connectivity index (χ0n) is 10.7. The van der Waals surface area contributed by atoms with Crippen LogP contribution in [0.2, 0.25) is 0 Å². The fourth-order valence-corrected chi connectivity index (χ4v) is 2.77. The quantitative estimate of drug-likeness (QED) is 0.792. The van der Waals surface area contributed by atoms with Crippen molar-refractivity contribution in [2.75, 3.05) is 6.26 Å². The Hall–Kier alpha value is -1.53. The first kappa shape index (κ1) is 14.9. The van der Waals surface area contributed by atoms with Crippen LogP contribution in [0.15, 0.2) is 52.1 Å². The van der Waals surface area contributed by atoms with Gasteiger partial charge in [0, 0.05) is 35.1 Å². The Morgan fingerprint density at radius 3 is 2.40 bits per heavy atom. The molecule has 0 aliphatic heterocycles. The molecule has 104 valence electrons. The van der Waals surface area contributed by atoms with Crippen molar-refractivity contribution < 1.29 is 13.2 Å². The Morgan fingerprint density at radius 1 is 1.20 bits per heavy atom. The van der Waals surface area contributed by atoms with Crippen molar-refractivity contribution >= 4 is 31.6 Å². The first-order valence-corrected chi connectivity index (χ1v) is 8.47. The molecule has 2 rings (SSSR count). The van der Waals surface area contributed by atoms with Gasteiger partial charge in [0.15, 0.2) is 15.6 Å². The fourth-order valence-electron chi connectivity index (χ4n) is 1.73. The molecular formula is C14H12BrNO3S. The van der Waals surface area contributed by atoms with Gasteiger partial charge in [0.05, 0.1) is 4.90 Å². The van der Waals surface area contributed by atoms with E-state index in [1.54, 1.807) is 12.4 Å². The summed E-state index contributed by atoms with van der Waals surface area (Å²) in [6.45, 7) is 0. The van der Waals surface area contributed by atoms with Gasteiger partial charge < -0.3 is 0 Å². The van der Waals surface area contributed by atoms with Crippen LogP contribution in [0.1, 0.15) is 15.9 Å². The molecule has 4 nitrogen and oxygen atoms in total. The van der Waals surface area contributed by atoms with E-state index in [1.807, 2.05) is 6.07 Å². The van der Waals surface area contributed by atoms with Crippen LogP contribution in [0, 0.1) is 0 Å². The number of nitrogens with zero attached hydrogens (tertiary/aromatic N) is 1. The molecular weight excluding hydrogens is 342 g/mol. The summed E-state index contributed by atoms with van der Waals surface area (Å²) in [6.07, 6.45) is 4.64. The second-order valence-corrected chi connectivity index (χ2v) is 7.34. The monoisotopic (exact) mass is 353 g/mol. The van der Waals surface area contributed by atoms with E-state index in [1.165, 1.54) is 24.3 Å². The minimum absolute atomic E-state index is 0.0787. The van der Waals surface area contributed by atoms with Crippen LogP contribution in [-0.4, -0.2) is 25.4 Å². The third kappa shape index (κ3) is 3.74. The highest BCUT2D eigenvalue weighted by atomic mass is 79.9. The second kappa shape index (κ2) is 5.85. The van der Waals surface area contributed by atoms with Gasteiger partial charge in [-0.3, -0.25) is 9.78 Å². The predicted molar refractivity (Wildman–Crippen MR) is 79.5 cm³/mol. The number of sulfone groups is 1. The van der Waals surface area contributed by atoms with Gasteiger partial charge in [0.2, 0.25) is 0 Å². The summed E-state index contributed by atoms with van der Waals surface area (Å²) < 4.78 is 23.5. The molecule has 0 fully saturated rings. The molecule has 1 aromatic heterocycles. The summed E-state index contributed by atoms with van der Waals surface area (Å²) >= 11 is 3.30. The first-order chi connectivity index (χ1) is 9.36. The summed E-state index contributed by atoms with van der Waals surface area (Å²) in [6, 6.07) is 7.79. The normalized spacial score (nSPS) is 11.3. The zero-order chi connectivity index (χ0) is 14.8. The molecule has 0 aliphatic carbocycles. The van der Waals surface area contributed by atoms with Crippen molar-refractivity contribution in [3.8, 4) is 0 Å². The molecule has 1 heterocycles. The Morgan fingerprint density at radius 2 is 1.85 bits per heavy atom. The molecule has 0 spiro atoms. The molecule has 0 N–H and O–H groups in total. The summed E-state index contributed by atoms with van der Waals surface area (Å²) in [5.41, 5.74) is 1.29. The number of rotatable bonds is 4. The first-order valence-electron chi connectivity index (χ1n) is 5.79. The van der Waals surface area contributed by atoms with Crippen molar-refractivity contribution in [3.05, 3.63) is 58.3 Å². The van der Waals surface area contributed by atoms with Gasteiger partial charge >= 0.3 is 0 Å². The summed E-state index contributed by atoms with van der Waals surface area (Å²) in [7, 11) is -3.24.